The Balaban J connectivity index is 2.02. The Morgan fingerprint density at radius 3 is 2.73 bits per heavy atom. The van der Waals surface area contributed by atoms with Crippen LogP contribution in [0.3, 0.4) is 0 Å². The van der Waals surface area contributed by atoms with Crippen LogP contribution < -0.4 is 5.32 Å². The molecule has 9 heteroatoms. The number of nitrogens with one attached hydrogen (secondary N) is 1. The van der Waals surface area contributed by atoms with Crippen LogP contribution in [0.25, 0.3) is 0 Å². The minimum absolute atomic E-state index is 0.223. The van der Waals surface area contributed by atoms with Gasteiger partial charge in [-0.05, 0) is 24.8 Å². The van der Waals surface area contributed by atoms with Crippen LogP contribution in [0.15, 0.2) is 21.7 Å². The molecule has 6 nitrogen and oxygen atoms in total. The van der Waals surface area contributed by atoms with Gasteiger partial charge in [0.15, 0.2) is 5.13 Å². The molecule has 2 rings (SSSR count). The Hall–Kier alpha value is -1.29. The predicted molar refractivity (Wildman–Crippen MR) is 89.0 cm³/mol. The van der Waals surface area contributed by atoms with Gasteiger partial charge in [0.2, 0.25) is 5.91 Å². The molecule has 2 heterocycles. The summed E-state index contributed by atoms with van der Waals surface area (Å²) in [5.74, 6) is -0.404. The largest absolute Gasteiger partial charge is 0.301 e. The number of anilines is 1. The van der Waals surface area contributed by atoms with Gasteiger partial charge in [-0.2, -0.15) is 4.31 Å². The van der Waals surface area contributed by atoms with Gasteiger partial charge in [-0.1, -0.05) is 13.0 Å². The van der Waals surface area contributed by atoms with Crippen molar-refractivity contribution in [3.05, 3.63) is 28.1 Å². The molecule has 0 aliphatic carbocycles. The Kier molecular flexibility index (Phi) is 5.32. The van der Waals surface area contributed by atoms with E-state index in [4.69, 9.17) is 0 Å². The number of carbonyl (C=O) groups excluding carboxylic acids is 1. The van der Waals surface area contributed by atoms with E-state index in [-0.39, 0.29) is 10.8 Å². The van der Waals surface area contributed by atoms with Crippen LogP contribution in [0, 0.1) is 6.92 Å². The summed E-state index contributed by atoms with van der Waals surface area (Å²) >= 11 is 2.52. The second kappa shape index (κ2) is 6.86. The van der Waals surface area contributed by atoms with E-state index in [2.05, 4.69) is 10.3 Å². The van der Waals surface area contributed by atoms with Gasteiger partial charge in [-0.15, -0.1) is 22.7 Å². The SMILES string of the molecule is CCc1nc(NC(=O)CN(C)S(=O)(=O)c2cccs2)sc1C. The third-order valence-electron chi connectivity index (χ3n) is 3.00. The molecular formula is C13H17N3O3S3. The number of thiophene rings is 1. The number of aryl methyl sites for hydroxylation is 2. The fourth-order valence-corrected chi connectivity index (χ4v) is 5.07. The summed E-state index contributed by atoms with van der Waals surface area (Å²) in [5, 5.41) is 4.84. The second-order valence-electron chi connectivity index (χ2n) is 4.62. The lowest BCUT2D eigenvalue weighted by molar-refractivity contribution is -0.116. The summed E-state index contributed by atoms with van der Waals surface area (Å²) in [6.07, 6.45) is 0.796. The molecule has 0 spiro atoms. The minimum atomic E-state index is -3.62. The van der Waals surface area contributed by atoms with E-state index in [1.165, 1.54) is 24.5 Å². The number of likely N-dealkylation sites (N-methyl/N-ethyl adjacent to an activating group) is 1. The van der Waals surface area contributed by atoms with Crippen molar-refractivity contribution < 1.29 is 13.2 Å². The molecule has 1 N–H and O–H groups in total. The predicted octanol–water partition coefficient (Wildman–Crippen LogP) is 2.33. The summed E-state index contributed by atoms with van der Waals surface area (Å²) < 4.78 is 25.7. The summed E-state index contributed by atoms with van der Waals surface area (Å²) in [4.78, 5) is 17.4. The van der Waals surface area contributed by atoms with Crippen LogP contribution >= 0.6 is 22.7 Å². The van der Waals surface area contributed by atoms with Crippen molar-refractivity contribution in [1.82, 2.24) is 9.29 Å². The van der Waals surface area contributed by atoms with Gasteiger partial charge < -0.3 is 5.32 Å². The number of aromatic nitrogens is 1. The molecule has 0 aromatic carbocycles. The van der Waals surface area contributed by atoms with E-state index < -0.39 is 15.9 Å². The van der Waals surface area contributed by atoms with Crippen LogP contribution in [0.5, 0.6) is 0 Å². The molecule has 0 fully saturated rings. The number of rotatable bonds is 6. The van der Waals surface area contributed by atoms with Gasteiger partial charge in [0.1, 0.15) is 4.21 Å². The Morgan fingerprint density at radius 1 is 1.45 bits per heavy atom. The van der Waals surface area contributed by atoms with E-state index in [1.807, 2.05) is 13.8 Å². The summed E-state index contributed by atoms with van der Waals surface area (Å²) in [6.45, 7) is 3.69. The Bertz CT molecular complexity index is 751. The highest BCUT2D eigenvalue weighted by Crippen LogP contribution is 2.23. The quantitative estimate of drug-likeness (QED) is 0.858. The Labute approximate surface area is 137 Å². The minimum Gasteiger partial charge on any atom is -0.301 e. The standard InChI is InChI=1S/C13H17N3O3S3/c1-4-10-9(2)21-13(14-10)15-11(17)8-16(3)22(18,19)12-6-5-7-20-12/h5-7H,4,8H2,1-3H3,(H,14,15,17). The number of nitrogens with zero attached hydrogens (tertiary/aromatic N) is 2. The first-order valence-electron chi connectivity index (χ1n) is 6.60. The molecule has 2 aromatic heterocycles. The van der Waals surface area contributed by atoms with E-state index in [0.717, 1.165) is 32.6 Å². The molecule has 120 valence electrons. The summed E-state index contributed by atoms with van der Waals surface area (Å²) in [6, 6.07) is 3.18. The molecule has 0 aliphatic heterocycles. The molecule has 0 radical (unpaired) electrons. The molecule has 0 saturated heterocycles. The summed E-state index contributed by atoms with van der Waals surface area (Å²) in [5.41, 5.74) is 0.944. The van der Waals surface area contributed by atoms with E-state index >= 15 is 0 Å². The van der Waals surface area contributed by atoms with Crippen LogP contribution in [-0.4, -0.2) is 37.2 Å². The maximum Gasteiger partial charge on any atom is 0.252 e. The third-order valence-corrected chi connectivity index (χ3v) is 7.10. The Morgan fingerprint density at radius 2 is 2.18 bits per heavy atom. The van der Waals surface area contributed by atoms with Gasteiger partial charge in [-0.3, -0.25) is 4.79 Å². The highest BCUT2D eigenvalue weighted by molar-refractivity contribution is 7.91. The molecule has 2 aromatic rings. The van der Waals surface area contributed by atoms with Crippen LogP contribution in [0.1, 0.15) is 17.5 Å². The van der Waals surface area contributed by atoms with Gasteiger partial charge in [0.25, 0.3) is 10.0 Å². The lowest BCUT2D eigenvalue weighted by atomic mass is 10.3. The number of thiazole rings is 1. The highest BCUT2D eigenvalue weighted by Gasteiger charge is 2.24. The zero-order chi connectivity index (χ0) is 16.3. The van der Waals surface area contributed by atoms with Crippen molar-refractivity contribution in [2.75, 3.05) is 18.9 Å². The van der Waals surface area contributed by atoms with E-state index in [9.17, 15) is 13.2 Å². The highest BCUT2D eigenvalue weighted by atomic mass is 32.2. The first kappa shape index (κ1) is 17.1. The van der Waals surface area contributed by atoms with E-state index in [0.29, 0.717) is 5.13 Å². The van der Waals surface area contributed by atoms with Crippen molar-refractivity contribution in [1.29, 1.82) is 0 Å². The lowest BCUT2D eigenvalue weighted by Gasteiger charge is -2.14. The molecule has 0 unspecified atom stereocenters. The van der Waals surface area contributed by atoms with Crippen molar-refractivity contribution in [2.45, 2.75) is 24.5 Å². The van der Waals surface area contributed by atoms with E-state index in [1.54, 1.807) is 11.4 Å². The number of hydrogen-bond acceptors (Lipinski definition) is 6. The van der Waals surface area contributed by atoms with Crippen molar-refractivity contribution in [3.8, 4) is 0 Å². The van der Waals surface area contributed by atoms with Gasteiger partial charge in [-0.25, -0.2) is 13.4 Å². The molecule has 22 heavy (non-hydrogen) atoms. The monoisotopic (exact) mass is 359 g/mol. The zero-order valence-electron chi connectivity index (χ0n) is 12.5. The van der Waals surface area contributed by atoms with Gasteiger partial charge >= 0.3 is 0 Å². The normalized spacial score (nSPS) is 11.8. The van der Waals surface area contributed by atoms with Crippen molar-refractivity contribution in [2.24, 2.45) is 0 Å². The molecule has 0 aliphatic rings. The van der Waals surface area contributed by atoms with Crippen LogP contribution in [-0.2, 0) is 21.2 Å². The van der Waals surface area contributed by atoms with Crippen LogP contribution in [0.2, 0.25) is 0 Å². The van der Waals surface area contributed by atoms with Gasteiger partial charge in [0.05, 0.1) is 12.2 Å². The zero-order valence-corrected chi connectivity index (χ0v) is 14.9. The molecule has 1 amide bonds. The van der Waals surface area contributed by atoms with Gasteiger partial charge in [0, 0.05) is 11.9 Å². The topological polar surface area (TPSA) is 79.4 Å². The fourth-order valence-electron chi connectivity index (χ4n) is 1.82. The fraction of sp³-hybridized carbons (Fsp3) is 0.385. The number of sulfonamides is 1. The molecular weight excluding hydrogens is 342 g/mol. The molecule has 0 atom stereocenters. The smallest absolute Gasteiger partial charge is 0.252 e. The second-order valence-corrected chi connectivity index (χ2v) is 9.04. The van der Waals surface area contributed by atoms with Crippen LogP contribution in [0.4, 0.5) is 5.13 Å². The number of amides is 1. The first-order chi connectivity index (χ1) is 10.3. The maximum absolute atomic E-state index is 12.2. The average molecular weight is 359 g/mol. The third kappa shape index (κ3) is 3.72. The molecule has 0 bridgehead atoms. The molecule has 0 saturated carbocycles. The number of hydrogen-bond donors (Lipinski definition) is 1. The van der Waals surface area contributed by atoms with Crippen molar-refractivity contribution >= 4 is 43.7 Å². The lowest BCUT2D eigenvalue weighted by Crippen LogP contribution is -2.34. The van der Waals surface area contributed by atoms with Crippen molar-refractivity contribution in [3.63, 3.8) is 0 Å². The first-order valence-corrected chi connectivity index (χ1v) is 9.74. The number of carbonyl (C=O) groups is 1. The average Bonchev–Trinajstić information content (AvgIpc) is 3.08. The maximum atomic E-state index is 12.2. The summed E-state index contributed by atoms with van der Waals surface area (Å²) in [7, 11) is -2.23.